The van der Waals surface area contributed by atoms with Gasteiger partial charge in [0.25, 0.3) is 0 Å². The summed E-state index contributed by atoms with van der Waals surface area (Å²) in [4.78, 5) is 4.28. The van der Waals surface area contributed by atoms with Gasteiger partial charge in [-0.1, -0.05) is 12.1 Å². The van der Waals surface area contributed by atoms with Crippen LogP contribution in [0.1, 0.15) is 24.3 Å². The zero-order valence-corrected chi connectivity index (χ0v) is 8.66. The van der Waals surface area contributed by atoms with Crippen molar-refractivity contribution in [1.29, 1.82) is 0 Å². The van der Waals surface area contributed by atoms with Gasteiger partial charge in [-0.15, -0.1) is 0 Å². The number of aliphatic hydroxyl groups is 1. The number of rotatable bonds is 2. The van der Waals surface area contributed by atoms with Gasteiger partial charge in [0.15, 0.2) is 11.5 Å². The van der Waals surface area contributed by atoms with Gasteiger partial charge in [-0.05, 0) is 24.5 Å². The molecule has 0 saturated heterocycles. The SMILES string of the molecule is Cc1nc2cccc(CC3(O)CC3)c2o1. The first-order valence-electron chi connectivity index (χ1n) is 5.24. The first-order chi connectivity index (χ1) is 7.16. The van der Waals surface area contributed by atoms with Gasteiger partial charge in [0.05, 0.1) is 5.60 Å². The molecule has 3 heteroatoms. The van der Waals surface area contributed by atoms with Crippen LogP contribution in [0.25, 0.3) is 11.1 Å². The Labute approximate surface area is 87.7 Å². The number of para-hydroxylation sites is 1. The lowest BCUT2D eigenvalue weighted by atomic mass is 10.1. The van der Waals surface area contributed by atoms with Crippen molar-refractivity contribution in [2.75, 3.05) is 0 Å². The van der Waals surface area contributed by atoms with Crippen LogP contribution in [0.5, 0.6) is 0 Å². The van der Waals surface area contributed by atoms with Crippen molar-refractivity contribution in [3.05, 3.63) is 29.7 Å². The standard InChI is InChI=1S/C12H13NO2/c1-8-13-10-4-2-3-9(11(10)15-8)7-12(14)5-6-12/h2-4,14H,5-7H2,1H3. The van der Waals surface area contributed by atoms with Crippen LogP contribution in [0.2, 0.25) is 0 Å². The molecular weight excluding hydrogens is 190 g/mol. The van der Waals surface area contributed by atoms with E-state index in [1.165, 1.54) is 0 Å². The smallest absolute Gasteiger partial charge is 0.192 e. The number of hydrogen-bond acceptors (Lipinski definition) is 3. The molecule has 1 N–H and O–H groups in total. The third-order valence-corrected chi connectivity index (χ3v) is 2.95. The predicted octanol–water partition coefficient (Wildman–Crippen LogP) is 2.20. The van der Waals surface area contributed by atoms with E-state index in [0.29, 0.717) is 12.3 Å². The van der Waals surface area contributed by atoms with E-state index in [1.807, 2.05) is 25.1 Å². The topological polar surface area (TPSA) is 46.3 Å². The Kier molecular flexibility index (Phi) is 1.68. The summed E-state index contributed by atoms with van der Waals surface area (Å²) in [5.41, 5.74) is 2.30. The highest BCUT2D eigenvalue weighted by Crippen LogP contribution is 2.39. The van der Waals surface area contributed by atoms with E-state index >= 15 is 0 Å². The molecule has 3 nitrogen and oxygen atoms in total. The van der Waals surface area contributed by atoms with E-state index in [0.717, 1.165) is 29.5 Å². The van der Waals surface area contributed by atoms with Crippen molar-refractivity contribution in [1.82, 2.24) is 4.98 Å². The van der Waals surface area contributed by atoms with Crippen LogP contribution in [0.3, 0.4) is 0 Å². The second-order valence-electron chi connectivity index (χ2n) is 4.40. The third-order valence-electron chi connectivity index (χ3n) is 2.95. The van der Waals surface area contributed by atoms with Crippen LogP contribution >= 0.6 is 0 Å². The number of fused-ring (bicyclic) bond motifs is 1. The average Bonchev–Trinajstić information content (AvgIpc) is 2.76. The van der Waals surface area contributed by atoms with E-state index in [-0.39, 0.29) is 0 Å². The maximum absolute atomic E-state index is 9.89. The molecule has 3 rings (SSSR count). The average molecular weight is 203 g/mol. The van der Waals surface area contributed by atoms with Crippen molar-refractivity contribution < 1.29 is 9.52 Å². The molecule has 2 aromatic rings. The highest BCUT2D eigenvalue weighted by atomic mass is 16.3. The summed E-state index contributed by atoms with van der Waals surface area (Å²) in [6, 6.07) is 5.90. The molecule has 1 aliphatic carbocycles. The minimum absolute atomic E-state index is 0.477. The van der Waals surface area contributed by atoms with Crippen LogP contribution in [0.4, 0.5) is 0 Å². The summed E-state index contributed by atoms with van der Waals surface area (Å²) < 4.78 is 5.55. The first-order valence-corrected chi connectivity index (χ1v) is 5.24. The molecule has 78 valence electrons. The zero-order chi connectivity index (χ0) is 10.5. The molecule has 0 radical (unpaired) electrons. The number of aryl methyl sites for hydroxylation is 1. The molecule has 1 fully saturated rings. The fourth-order valence-corrected chi connectivity index (χ4v) is 1.93. The monoisotopic (exact) mass is 203 g/mol. The Morgan fingerprint density at radius 2 is 2.27 bits per heavy atom. The second-order valence-corrected chi connectivity index (χ2v) is 4.40. The number of aromatic nitrogens is 1. The minimum Gasteiger partial charge on any atom is -0.441 e. The van der Waals surface area contributed by atoms with E-state index in [4.69, 9.17) is 4.42 Å². The summed E-state index contributed by atoms with van der Waals surface area (Å²) in [6.45, 7) is 1.84. The molecule has 1 aromatic heterocycles. The largest absolute Gasteiger partial charge is 0.441 e. The lowest BCUT2D eigenvalue weighted by Crippen LogP contribution is -2.10. The lowest BCUT2D eigenvalue weighted by Gasteiger charge is -2.06. The quantitative estimate of drug-likeness (QED) is 0.813. The summed E-state index contributed by atoms with van der Waals surface area (Å²) >= 11 is 0. The summed E-state index contributed by atoms with van der Waals surface area (Å²) in [5.74, 6) is 0.681. The Morgan fingerprint density at radius 1 is 1.47 bits per heavy atom. The first kappa shape index (κ1) is 8.92. The molecule has 0 atom stereocenters. The summed E-state index contributed by atoms with van der Waals surface area (Å²) in [7, 11) is 0. The van der Waals surface area contributed by atoms with Gasteiger partial charge in [0.2, 0.25) is 0 Å². The van der Waals surface area contributed by atoms with Gasteiger partial charge in [-0.2, -0.15) is 0 Å². The molecule has 0 bridgehead atoms. The number of nitrogens with zero attached hydrogens (tertiary/aromatic N) is 1. The van der Waals surface area contributed by atoms with Crippen LogP contribution in [0, 0.1) is 6.92 Å². The van der Waals surface area contributed by atoms with E-state index in [2.05, 4.69) is 4.98 Å². The molecule has 0 amide bonds. The van der Waals surface area contributed by atoms with Crippen molar-refractivity contribution in [2.24, 2.45) is 0 Å². The van der Waals surface area contributed by atoms with Gasteiger partial charge < -0.3 is 9.52 Å². The predicted molar refractivity (Wildman–Crippen MR) is 56.6 cm³/mol. The van der Waals surface area contributed by atoms with Gasteiger partial charge in [-0.25, -0.2) is 4.98 Å². The zero-order valence-electron chi connectivity index (χ0n) is 8.66. The Balaban J connectivity index is 2.08. The van der Waals surface area contributed by atoms with E-state index < -0.39 is 5.60 Å². The van der Waals surface area contributed by atoms with Crippen molar-refractivity contribution in [3.63, 3.8) is 0 Å². The van der Waals surface area contributed by atoms with E-state index in [9.17, 15) is 5.11 Å². The van der Waals surface area contributed by atoms with Gasteiger partial charge in [0.1, 0.15) is 5.52 Å². The van der Waals surface area contributed by atoms with Gasteiger partial charge in [0, 0.05) is 13.3 Å². The molecule has 1 aromatic carbocycles. The van der Waals surface area contributed by atoms with Crippen LogP contribution in [-0.4, -0.2) is 15.7 Å². The van der Waals surface area contributed by atoms with Gasteiger partial charge >= 0.3 is 0 Å². The lowest BCUT2D eigenvalue weighted by molar-refractivity contribution is 0.151. The number of oxazole rings is 1. The number of hydrogen-bond donors (Lipinski definition) is 1. The summed E-state index contributed by atoms with van der Waals surface area (Å²) in [6.07, 6.45) is 2.48. The number of benzene rings is 1. The second kappa shape index (κ2) is 2.83. The molecule has 1 aliphatic rings. The molecular formula is C12H13NO2. The Morgan fingerprint density at radius 3 is 3.00 bits per heavy atom. The van der Waals surface area contributed by atoms with Crippen molar-refractivity contribution in [3.8, 4) is 0 Å². The van der Waals surface area contributed by atoms with Crippen molar-refractivity contribution >= 4 is 11.1 Å². The highest BCUT2D eigenvalue weighted by molar-refractivity contribution is 5.76. The van der Waals surface area contributed by atoms with Crippen LogP contribution in [0.15, 0.2) is 22.6 Å². The van der Waals surface area contributed by atoms with E-state index in [1.54, 1.807) is 0 Å². The maximum Gasteiger partial charge on any atom is 0.192 e. The normalized spacial score (nSPS) is 18.3. The fourth-order valence-electron chi connectivity index (χ4n) is 1.93. The molecule has 15 heavy (non-hydrogen) atoms. The van der Waals surface area contributed by atoms with Crippen LogP contribution < -0.4 is 0 Å². The van der Waals surface area contributed by atoms with Crippen molar-refractivity contribution in [2.45, 2.75) is 31.8 Å². The summed E-state index contributed by atoms with van der Waals surface area (Å²) in [5, 5.41) is 9.89. The third kappa shape index (κ3) is 1.53. The molecule has 0 spiro atoms. The molecule has 0 aliphatic heterocycles. The Hall–Kier alpha value is -1.35. The van der Waals surface area contributed by atoms with Crippen LogP contribution in [-0.2, 0) is 6.42 Å². The maximum atomic E-state index is 9.89. The Bertz CT molecular complexity index is 511. The molecule has 1 saturated carbocycles. The highest BCUT2D eigenvalue weighted by Gasteiger charge is 2.40. The fraction of sp³-hybridized carbons (Fsp3) is 0.417. The van der Waals surface area contributed by atoms with Gasteiger partial charge in [-0.3, -0.25) is 0 Å². The molecule has 1 heterocycles. The minimum atomic E-state index is -0.477. The molecule has 0 unspecified atom stereocenters.